The van der Waals surface area contributed by atoms with Gasteiger partial charge in [0.2, 0.25) is 0 Å². The van der Waals surface area contributed by atoms with E-state index >= 15 is 0 Å². The van der Waals surface area contributed by atoms with Gasteiger partial charge >= 0.3 is 0 Å². The van der Waals surface area contributed by atoms with Crippen LogP contribution in [-0.4, -0.2) is 15.6 Å². The zero-order chi connectivity index (χ0) is 9.68. The van der Waals surface area contributed by atoms with Crippen molar-refractivity contribution in [3.63, 3.8) is 0 Å². The minimum Gasteiger partial charge on any atom is -0.333 e. The van der Waals surface area contributed by atoms with Crippen LogP contribution in [0.4, 0.5) is 0 Å². The second-order valence-corrected chi connectivity index (χ2v) is 3.41. The topological polar surface area (TPSA) is 43.8 Å². The number of imidazole rings is 1. The lowest BCUT2D eigenvalue weighted by Crippen LogP contribution is -2.25. The summed E-state index contributed by atoms with van der Waals surface area (Å²) in [5.41, 5.74) is 5.88. The van der Waals surface area contributed by atoms with E-state index in [-0.39, 0.29) is 6.04 Å². The molecule has 1 aromatic rings. The Morgan fingerprint density at radius 1 is 1.54 bits per heavy atom. The maximum absolute atomic E-state index is 5.88. The van der Waals surface area contributed by atoms with Gasteiger partial charge in [-0.2, -0.15) is 0 Å². The number of aromatic nitrogens is 2. The van der Waals surface area contributed by atoms with Gasteiger partial charge in [-0.05, 0) is 12.8 Å². The molecule has 0 aliphatic carbocycles. The van der Waals surface area contributed by atoms with Gasteiger partial charge in [-0.1, -0.05) is 13.8 Å². The van der Waals surface area contributed by atoms with Gasteiger partial charge in [0.25, 0.3) is 0 Å². The standard InChI is InChI=1S/C10H19N3/c1-3-5-10-12-6-7-13(10)8-9(11)4-2/h6-7,9H,3-5,8,11H2,1-2H3. The predicted octanol–water partition coefficient (Wildman–Crippen LogP) is 1.57. The highest BCUT2D eigenvalue weighted by atomic mass is 15.1. The van der Waals surface area contributed by atoms with E-state index in [9.17, 15) is 0 Å². The third-order valence-electron chi connectivity index (χ3n) is 2.23. The molecule has 0 aliphatic heterocycles. The van der Waals surface area contributed by atoms with Gasteiger partial charge < -0.3 is 10.3 Å². The lowest BCUT2D eigenvalue weighted by atomic mass is 10.2. The molecule has 0 aliphatic rings. The summed E-state index contributed by atoms with van der Waals surface area (Å²) in [6.45, 7) is 5.17. The summed E-state index contributed by atoms with van der Waals surface area (Å²) < 4.78 is 2.16. The molecule has 0 saturated carbocycles. The van der Waals surface area contributed by atoms with Crippen molar-refractivity contribution in [2.24, 2.45) is 5.73 Å². The van der Waals surface area contributed by atoms with Crippen molar-refractivity contribution >= 4 is 0 Å². The van der Waals surface area contributed by atoms with Gasteiger partial charge in [0.05, 0.1) is 0 Å². The van der Waals surface area contributed by atoms with Crippen LogP contribution in [0.3, 0.4) is 0 Å². The third kappa shape index (κ3) is 2.84. The first-order chi connectivity index (χ1) is 6.27. The summed E-state index contributed by atoms with van der Waals surface area (Å²) in [5, 5.41) is 0. The van der Waals surface area contributed by atoms with Crippen molar-refractivity contribution in [2.45, 2.75) is 45.7 Å². The number of aryl methyl sites for hydroxylation is 1. The summed E-state index contributed by atoms with van der Waals surface area (Å²) in [4.78, 5) is 4.30. The number of hydrogen-bond acceptors (Lipinski definition) is 2. The summed E-state index contributed by atoms with van der Waals surface area (Å²) in [7, 11) is 0. The minimum absolute atomic E-state index is 0.254. The highest BCUT2D eigenvalue weighted by Crippen LogP contribution is 2.03. The molecule has 0 aromatic carbocycles. The molecule has 3 heteroatoms. The van der Waals surface area contributed by atoms with Crippen molar-refractivity contribution in [3.05, 3.63) is 18.2 Å². The van der Waals surface area contributed by atoms with Crippen molar-refractivity contribution in [1.82, 2.24) is 9.55 Å². The zero-order valence-corrected chi connectivity index (χ0v) is 8.53. The molecule has 0 saturated heterocycles. The average molecular weight is 181 g/mol. The Labute approximate surface area is 80.0 Å². The van der Waals surface area contributed by atoms with Crippen LogP contribution in [0.5, 0.6) is 0 Å². The molecule has 1 aromatic heterocycles. The Bertz CT molecular complexity index is 242. The van der Waals surface area contributed by atoms with E-state index in [1.165, 1.54) is 0 Å². The van der Waals surface area contributed by atoms with Crippen LogP contribution in [0.2, 0.25) is 0 Å². The first kappa shape index (κ1) is 10.3. The molecule has 74 valence electrons. The molecule has 1 atom stereocenters. The highest BCUT2D eigenvalue weighted by Gasteiger charge is 2.04. The molecule has 3 nitrogen and oxygen atoms in total. The molecule has 13 heavy (non-hydrogen) atoms. The maximum atomic E-state index is 5.88. The van der Waals surface area contributed by atoms with Crippen LogP contribution in [0.1, 0.15) is 32.5 Å². The van der Waals surface area contributed by atoms with E-state index in [1.807, 2.05) is 12.4 Å². The van der Waals surface area contributed by atoms with E-state index in [2.05, 4.69) is 23.4 Å². The van der Waals surface area contributed by atoms with Crippen molar-refractivity contribution < 1.29 is 0 Å². The second kappa shape index (κ2) is 5.02. The largest absolute Gasteiger partial charge is 0.333 e. The Hall–Kier alpha value is -0.830. The summed E-state index contributed by atoms with van der Waals surface area (Å²) in [6, 6.07) is 0.254. The molecule has 0 bridgehead atoms. The number of rotatable bonds is 5. The van der Waals surface area contributed by atoms with Crippen molar-refractivity contribution in [2.75, 3.05) is 0 Å². The SMILES string of the molecule is CCCc1nccn1CC(N)CC. The average Bonchev–Trinajstić information content (AvgIpc) is 2.54. The van der Waals surface area contributed by atoms with Gasteiger partial charge in [-0.3, -0.25) is 0 Å². The monoisotopic (exact) mass is 181 g/mol. The fraction of sp³-hybridized carbons (Fsp3) is 0.700. The molecule has 1 unspecified atom stereocenters. The van der Waals surface area contributed by atoms with E-state index in [4.69, 9.17) is 5.73 Å². The lowest BCUT2D eigenvalue weighted by molar-refractivity contribution is 0.521. The molecular weight excluding hydrogens is 162 g/mol. The molecule has 0 radical (unpaired) electrons. The quantitative estimate of drug-likeness (QED) is 0.749. The van der Waals surface area contributed by atoms with E-state index in [0.717, 1.165) is 31.6 Å². The zero-order valence-electron chi connectivity index (χ0n) is 8.53. The van der Waals surface area contributed by atoms with Gasteiger partial charge in [-0.15, -0.1) is 0 Å². The summed E-state index contributed by atoms with van der Waals surface area (Å²) in [6.07, 6.45) is 7.07. The van der Waals surface area contributed by atoms with Crippen LogP contribution in [0, 0.1) is 0 Å². The third-order valence-corrected chi connectivity index (χ3v) is 2.23. The summed E-state index contributed by atoms with van der Waals surface area (Å²) in [5.74, 6) is 1.16. The normalized spacial score (nSPS) is 13.2. The van der Waals surface area contributed by atoms with Gasteiger partial charge in [-0.25, -0.2) is 4.98 Å². The molecule has 0 amide bonds. The number of nitrogens with two attached hydrogens (primary N) is 1. The van der Waals surface area contributed by atoms with Crippen LogP contribution in [0.15, 0.2) is 12.4 Å². The molecule has 1 rings (SSSR count). The van der Waals surface area contributed by atoms with Crippen LogP contribution < -0.4 is 5.73 Å². The van der Waals surface area contributed by atoms with E-state index < -0.39 is 0 Å². The second-order valence-electron chi connectivity index (χ2n) is 3.41. The Morgan fingerprint density at radius 3 is 2.92 bits per heavy atom. The number of nitrogens with zero attached hydrogens (tertiary/aromatic N) is 2. The Kier molecular flexibility index (Phi) is 3.96. The summed E-state index contributed by atoms with van der Waals surface area (Å²) >= 11 is 0. The van der Waals surface area contributed by atoms with E-state index in [0.29, 0.717) is 0 Å². The predicted molar refractivity (Wildman–Crippen MR) is 54.5 cm³/mol. The Morgan fingerprint density at radius 2 is 2.31 bits per heavy atom. The van der Waals surface area contributed by atoms with Crippen LogP contribution >= 0.6 is 0 Å². The van der Waals surface area contributed by atoms with Gasteiger partial charge in [0.1, 0.15) is 5.82 Å². The van der Waals surface area contributed by atoms with E-state index in [1.54, 1.807) is 0 Å². The highest BCUT2D eigenvalue weighted by molar-refractivity contribution is 4.93. The lowest BCUT2D eigenvalue weighted by Gasteiger charge is -2.11. The maximum Gasteiger partial charge on any atom is 0.108 e. The van der Waals surface area contributed by atoms with Crippen LogP contribution in [0.25, 0.3) is 0 Å². The fourth-order valence-corrected chi connectivity index (χ4v) is 1.34. The van der Waals surface area contributed by atoms with Gasteiger partial charge in [0.15, 0.2) is 0 Å². The smallest absolute Gasteiger partial charge is 0.108 e. The van der Waals surface area contributed by atoms with Crippen molar-refractivity contribution in [3.8, 4) is 0 Å². The van der Waals surface area contributed by atoms with Crippen molar-refractivity contribution in [1.29, 1.82) is 0 Å². The first-order valence-corrected chi connectivity index (χ1v) is 5.03. The molecule has 2 N–H and O–H groups in total. The first-order valence-electron chi connectivity index (χ1n) is 5.03. The molecule has 0 spiro atoms. The molecular formula is C10H19N3. The molecule has 1 heterocycles. The fourth-order valence-electron chi connectivity index (χ4n) is 1.34. The minimum atomic E-state index is 0.254. The van der Waals surface area contributed by atoms with Crippen LogP contribution in [-0.2, 0) is 13.0 Å². The number of hydrogen-bond donors (Lipinski definition) is 1. The molecule has 0 fully saturated rings. The Balaban J connectivity index is 2.59. The van der Waals surface area contributed by atoms with Gasteiger partial charge in [0, 0.05) is 31.4 Å².